The number of benzene rings is 1. The van der Waals surface area contributed by atoms with E-state index in [9.17, 15) is 14.5 Å². The highest BCUT2D eigenvalue weighted by Gasteiger charge is 2.21. The molecular formula is C10H12FNO3. The van der Waals surface area contributed by atoms with E-state index < -0.39 is 10.7 Å². The van der Waals surface area contributed by atoms with Gasteiger partial charge in [0.25, 0.3) is 0 Å². The molecule has 0 bridgehead atoms. The SMILES string of the molecule is CCCOc1c([N+](=O)[O-])ccc(C)c1F. The lowest BCUT2D eigenvalue weighted by Gasteiger charge is -2.07. The Morgan fingerprint density at radius 1 is 1.53 bits per heavy atom. The van der Waals surface area contributed by atoms with Gasteiger partial charge in [-0.05, 0) is 25.0 Å². The van der Waals surface area contributed by atoms with E-state index in [0.717, 1.165) is 0 Å². The molecule has 4 nitrogen and oxygen atoms in total. The molecule has 0 heterocycles. The highest BCUT2D eigenvalue weighted by molar-refractivity contribution is 5.49. The van der Waals surface area contributed by atoms with Crippen LogP contribution >= 0.6 is 0 Å². The Balaban J connectivity index is 3.16. The van der Waals surface area contributed by atoms with Crippen molar-refractivity contribution in [1.82, 2.24) is 0 Å². The van der Waals surface area contributed by atoms with Crippen molar-refractivity contribution in [1.29, 1.82) is 0 Å². The average molecular weight is 213 g/mol. The Hall–Kier alpha value is -1.65. The maximum Gasteiger partial charge on any atom is 0.314 e. The summed E-state index contributed by atoms with van der Waals surface area (Å²) in [5.74, 6) is -0.917. The Labute approximate surface area is 86.8 Å². The number of halogens is 1. The summed E-state index contributed by atoms with van der Waals surface area (Å²) < 4.78 is 18.6. The van der Waals surface area contributed by atoms with Gasteiger partial charge in [0.05, 0.1) is 11.5 Å². The molecule has 5 heteroatoms. The van der Waals surface area contributed by atoms with Crippen molar-refractivity contribution in [2.24, 2.45) is 0 Å². The second kappa shape index (κ2) is 4.72. The topological polar surface area (TPSA) is 52.4 Å². The summed E-state index contributed by atoms with van der Waals surface area (Å²) in [5, 5.41) is 10.6. The molecule has 0 aliphatic heterocycles. The van der Waals surface area contributed by atoms with Crippen LogP contribution in [0.4, 0.5) is 10.1 Å². The van der Waals surface area contributed by atoms with Gasteiger partial charge in [-0.25, -0.2) is 4.39 Å². The molecule has 1 aromatic rings. The number of hydrogen-bond acceptors (Lipinski definition) is 3. The number of hydrogen-bond donors (Lipinski definition) is 0. The lowest BCUT2D eigenvalue weighted by molar-refractivity contribution is -0.386. The minimum absolute atomic E-state index is 0.262. The summed E-state index contributed by atoms with van der Waals surface area (Å²) in [5.41, 5.74) is 0.0123. The van der Waals surface area contributed by atoms with Crippen LogP contribution in [0.1, 0.15) is 18.9 Å². The van der Waals surface area contributed by atoms with E-state index in [-0.39, 0.29) is 18.0 Å². The van der Waals surface area contributed by atoms with E-state index in [1.54, 1.807) is 0 Å². The molecule has 0 amide bonds. The van der Waals surface area contributed by atoms with Crippen LogP contribution < -0.4 is 4.74 Å². The first-order chi connectivity index (χ1) is 7.07. The van der Waals surface area contributed by atoms with Crippen LogP contribution in [0.3, 0.4) is 0 Å². The maximum atomic E-state index is 13.5. The molecule has 0 saturated heterocycles. The molecular weight excluding hydrogens is 201 g/mol. The van der Waals surface area contributed by atoms with Crippen molar-refractivity contribution in [3.63, 3.8) is 0 Å². The zero-order chi connectivity index (χ0) is 11.4. The van der Waals surface area contributed by atoms with Gasteiger partial charge in [-0.3, -0.25) is 10.1 Å². The third-order valence-corrected chi connectivity index (χ3v) is 1.92. The highest BCUT2D eigenvalue weighted by atomic mass is 19.1. The molecule has 0 spiro atoms. The number of rotatable bonds is 4. The molecule has 0 N–H and O–H groups in total. The standard InChI is InChI=1S/C10H12FNO3/c1-3-6-15-10-8(12(13)14)5-4-7(2)9(10)11/h4-5H,3,6H2,1-2H3. The van der Waals surface area contributed by atoms with Gasteiger partial charge in [0.15, 0.2) is 5.82 Å². The second-order valence-corrected chi connectivity index (χ2v) is 3.15. The van der Waals surface area contributed by atoms with Gasteiger partial charge in [0.2, 0.25) is 5.75 Å². The van der Waals surface area contributed by atoms with Crippen LogP contribution in [0.5, 0.6) is 5.75 Å². The first-order valence-corrected chi connectivity index (χ1v) is 4.64. The summed E-state index contributed by atoms with van der Waals surface area (Å²) in [6, 6.07) is 2.62. The first kappa shape index (κ1) is 11.4. The molecule has 0 saturated carbocycles. The molecule has 0 aromatic heterocycles. The minimum Gasteiger partial charge on any atom is -0.485 e. The normalized spacial score (nSPS) is 10.1. The molecule has 82 valence electrons. The van der Waals surface area contributed by atoms with Gasteiger partial charge < -0.3 is 4.74 Å². The van der Waals surface area contributed by atoms with E-state index in [1.807, 2.05) is 6.92 Å². The number of nitrogens with zero attached hydrogens (tertiary/aromatic N) is 1. The Kier molecular flexibility index (Phi) is 3.60. The molecule has 1 rings (SSSR count). The molecule has 0 aliphatic carbocycles. The zero-order valence-electron chi connectivity index (χ0n) is 8.62. The first-order valence-electron chi connectivity index (χ1n) is 4.64. The summed E-state index contributed by atoms with van der Waals surface area (Å²) in [7, 11) is 0. The van der Waals surface area contributed by atoms with Crippen LogP contribution in [-0.4, -0.2) is 11.5 Å². The molecule has 15 heavy (non-hydrogen) atoms. The maximum absolute atomic E-state index is 13.5. The lowest BCUT2D eigenvalue weighted by atomic mass is 10.2. The third-order valence-electron chi connectivity index (χ3n) is 1.92. The van der Waals surface area contributed by atoms with Crippen molar-refractivity contribution >= 4 is 5.69 Å². The minimum atomic E-state index is -0.655. The Bertz CT molecular complexity index is 379. The van der Waals surface area contributed by atoms with E-state index in [4.69, 9.17) is 4.74 Å². The van der Waals surface area contributed by atoms with Gasteiger partial charge in [-0.1, -0.05) is 6.92 Å². The Morgan fingerprint density at radius 3 is 2.73 bits per heavy atom. The van der Waals surface area contributed by atoms with Crippen LogP contribution in [0.15, 0.2) is 12.1 Å². The fraction of sp³-hybridized carbons (Fsp3) is 0.400. The van der Waals surface area contributed by atoms with Crippen LogP contribution in [0.2, 0.25) is 0 Å². The molecule has 0 radical (unpaired) electrons. The van der Waals surface area contributed by atoms with Crippen LogP contribution in [0.25, 0.3) is 0 Å². The monoisotopic (exact) mass is 213 g/mol. The third kappa shape index (κ3) is 2.43. The smallest absolute Gasteiger partial charge is 0.314 e. The molecule has 0 fully saturated rings. The van der Waals surface area contributed by atoms with Gasteiger partial charge in [0, 0.05) is 6.07 Å². The van der Waals surface area contributed by atoms with Crippen molar-refractivity contribution in [2.45, 2.75) is 20.3 Å². The van der Waals surface area contributed by atoms with Crippen molar-refractivity contribution in [3.8, 4) is 5.75 Å². The molecule has 0 unspecified atom stereocenters. The Morgan fingerprint density at radius 2 is 2.20 bits per heavy atom. The predicted molar refractivity (Wildman–Crippen MR) is 53.6 cm³/mol. The summed E-state index contributed by atoms with van der Waals surface area (Å²) in [6.07, 6.45) is 0.671. The second-order valence-electron chi connectivity index (χ2n) is 3.15. The predicted octanol–water partition coefficient (Wildman–Crippen LogP) is 2.83. The van der Waals surface area contributed by atoms with Crippen molar-refractivity contribution in [2.75, 3.05) is 6.61 Å². The largest absolute Gasteiger partial charge is 0.485 e. The zero-order valence-corrected chi connectivity index (χ0v) is 8.62. The van der Waals surface area contributed by atoms with Gasteiger partial charge in [-0.2, -0.15) is 0 Å². The highest BCUT2D eigenvalue weighted by Crippen LogP contribution is 2.31. The van der Waals surface area contributed by atoms with Gasteiger partial charge >= 0.3 is 5.69 Å². The van der Waals surface area contributed by atoms with E-state index in [0.29, 0.717) is 12.0 Å². The fourth-order valence-electron chi connectivity index (χ4n) is 1.13. The van der Waals surface area contributed by atoms with Gasteiger partial charge in [-0.15, -0.1) is 0 Å². The molecule has 1 aromatic carbocycles. The lowest BCUT2D eigenvalue weighted by Crippen LogP contribution is -2.02. The van der Waals surface area contributed by atoms with Crippen molar-refractivity contribution in [3.05, 3.63) is 33.6 Å². The quantitative estimate of drug-likeness (QED) is 0.570. The van der Waals surface area contributed by atoms with E-state index >= 15 is 0 Å². The van der Waals surface area contributed by atoms with Gasteiger partial charge in [0.1, 0.15) is 0 Å². The summed E-state index contributed by atoms with van der Waals surface area (Å²) in [6.45, 7) is 3.65. The number of nitro benzene ring substituents is 1. The summed E-state index contributed by atoms with van der Waals surface area (Å²) >= 11 is 0. The van der Waals surface area contributed by atoms with Crippen LogP contribution in [-0.2, 0) is 0 Å². The van der Waals surface area contributed by atoms with Crippen molar-refractivity contribution < 1.29 is 14.1 Å². The number of aryl methyl sites for hydroxylation is 1. The summed E-state index contributed by atoms with van der Waals surface area (Å²) in [4.78, 5) is 9.96. The molecule has 0 aliphatic rings. The average Bonchev–Trinajstić information content (AvgIpc) is 2.19. The molecule has 0 atom stereocenters. The van der Waals surface area contributed by atoms with E-state index in [1.165, 1.54) is 19.1 Å². The number of nitro groups is 1. The number of ether oxygens (including phenoxy) is 1. The fourth-order valence-corrected chi connectivity index (χ4v) is 1.13. The van der Waals surface area contributed by atoms with Crippen LogP contribution in [0, 0.1) is 22.9 Å². The van der Waals surface area contributed by atoms with E-state index in [2.05, 4.69) is 0 Å².